The van der Waals surface area contributed by atoms with Crippen LogP contribution in [-0.4, -0.2) is 46.2 Å². The number of ether oxygens (including phenoxy) is 1. The number of hydrogen-bond donors (Lipinski definition) is 0. The zero-order valence-electron chi connectivity index (χ0n) is 16.6. The molecule has 28 heavy (non-hydrogen) atoms. The van der Waals surface area contributed by atoms with E-state index in [1.165, 1.54) is 0 Å². The van der Waals surface area contributed by atoms with Crippen molar-refractivity contribution in [2.24, 2.45) is 11.8 Å². The first-order valence-electron chi connectivity index (χ1n) is 9.70. The van der Waals surface area contributed by atoms with Gasteiger partial charge < -0.3 is 9.30 Å². The third kappa shape index (κ3) is 3.66. The Hall–Kier alpha value is -2.70. The van der Waals surface area contributed by atoms with Gasteiger partial charge in [0.1, 0.15) is 6.54 Å². The zero-order valence-corrected chi connectivity index (χ0v) is 16.6. The van der Waals surface area contributed by atoms with Crippen molar-refractivity contribution in [3.8, 4) is 0 Å². The van der Waals surface area contributed by atoms with Crippen LogP contribution in [0.3, 0.4) is 0 Å². The lowest BCUT2D eigenvalue weighted by atomic mass is 9.85. The molecular formula is C21H26N2O5. The molecule has 2 atom stereocenters. The maximum absolute atomic E-state index is 12.5. The first kappa shape index (κ1) is 20.0. The summed E-state index contributed by atoms with van der Waals surface area (Å²) in [7, 11) is 0. The highest BCUT2D eigenvalue weighted by Gasteiger charge is 2.47. The molecule has 2 heterocycles. The van der Waals surface area contributed by atoms with E-state index >= 15 is 0 Å². The summed E-state index contributed by atoms with van der Waals surface area (Å²) in [6.07, 6.45) is 5.78. The molecule has 2 aliphatic rings. The van der Waals surface area contributed by atoms with Crippen molar-refractivity contribution in [1.29, 1.82) is 0 Å². The number of ketones is 1. The van der Waals surface area contributed by atoms with Gasteiger partial charge in [0, 0.05) is 23.5 Å². The van der Waals surface area contributed by atoms with Gasteiger partial charge >= 0.3 is 5.97 Å². The smallest absolute Gasteiger partial charge is 0.326 e. The average Bonchev–Trinajstić information content (AvgIpc) is 3.10. The van der Waals surface area contributed by atoms with E-state index in [1.54, 1.807) is 6.07 Å². The van der Waals surface area contributed by atoms with Crippen LogP contribution in [0.4, 0.5) is 0 Å². The second-order valence-electron chi connectivity index (χ2n) is 7.44. The molecule has 0 aromatic carbocycles. The normalized spacial score (nSPS) is 21.2. The minimum Gasteiger partial charge on any atom is -0.456 e. The Morgan fingerprint density at radius 1 is 1.11 bits per heavy atom. The third-order valence-corrected chi connectivity index (χ3v) is 5.57. The maximum atomic E-state index is 12.5. The molecule has 0 bridgehead atoms. The summed E-state index contributed by atoms with van der Waals surface area (Å²) in [5.74, 6) is -2.45. The standard InChI is InChI=1S/C21H26N2O5/c1-4-9-22-13(2)10-17(14(22)3)18(24)12-28-19(25)11-23-20(26)15-7-5-6-8-16(15)21(23)27/h5-6,10,15-16H,4,7-9,11-12H2,1-3H3/t15-,16-/m0/s1. The number of carbonyl (C=O) groups is 4. The fourth-order valence-electron chi connectivity index (χ4n) is 4.07. The van der Waals surface area contributed by atoms with Crippen molar-refractivity contribution in [3.05, 3.63) is 35.2 Å². The van der Waals surface area contributed by atoms with Gasteiger partial charge in [0.25, 0.3) is 0 Å². The van der Waals surface area contributed by atoms with E-state index in [-0.39, 0.29) is 29.4 Å². The number of aromatic nitrogens is 1. The minimum atomic E-state index is -0.746. The van der Waals surface area contributed by atoms with Crippen molar-refractivity contribution in [2.45, 2.75) is 46.6 Å². The fraction of sp³-hybridized carbons (Fsp3) is 0.524. The van der Waals surface area contributed by atoms with Gasteiger partial charge in [-0.3, -0.25) is 24.1 Å². The number of allylic oxidation sites excluding steroid dienone is 2. The molecule has 0 unspecified atom stereocenters. The Kier molecular flexibility index (Phi) is 5.82. The molecule has 0 spiro atoms. The maximum Gasteiger partial charge on any atom is 0.326 e. The van der Waals surface area contributed by atoms with E-state index in [4.69, 9.17) is 4.74 Å². The van der Waals surface area contributed by atoms with E-state index in [0.29, 0.717) is 18.4 Å². The summed E-state index contributed by atoms with van der Waals surface area (Å²) in [5.41, 5.74) is 2.37. The Labute approximate surface area is 164 Å². The van der Waals surface area contributed by atoms with Crippen molar-refractivity contribution >= 4 is 23.6 Å². The van der Waals surface area contributed by atoms with Crippen molar-refractivity contribution in [2.75, 3.05) is 13.2 Å². The highest BCUT2D eigenvalue weighted by molar-refractivity contribution is 6.07. The van der Waals surface area contributed by atoms with Gasteiger partial charge in [-0.2, -0.15) is 0 Å². The van der Waals surface area contributed by atoms with E-state index in [2.05, 4.69) is 11.5 Å². The predicted octanol–water partition coefficient (Wildman–Crippen LogP) is 2.19. The highest BCUT2D eigenvalue weighted by atomic mass is 16.5. The minimum absolute atomic E-state index is 0.291. The largest absolute Gasteiger partial charge is 0.456 e. The van der Waals surface area contributed by atoms with Gasteiger partial charge in [-0.05, 0) is 39.2 Å². The number of Topliss-reactive ketones (excluding diaryl/α,β-unsaturated/α-hetero) is 1. The molecule has 150 valence electrons. The first-order chi connectivity index (χ1) is 13.3. The molecular weight excluding hydrogens is 360 g/mol. The summed E-state index contributed by atoms with van der Waals surface area (Å²) < 4.78 is 7.14. The molecule has 1 aromatic heterocycles. The van der Waals surface area contributed by atoms with Crippen LogP contribution >= 0.6 is 0 Å². The van der Waals surface area contributed by atoms with Crippen LogP contribution in [0, 0.1) is 25.7 Å². The molecule has 0 N–H and O–H groups in total. The molecule has 0 saturated carbocycles. The van der Waals surface area contributed by atoms with Gasteiger partial charge in [0.2, 0.25) is 17.6 Å². The molecule has 1 saturated heterocycles. The molecule has 7 nitrogen and oxygen atoms in total. The topological polar surface area (TPSA) is 85.7 Å². The summed E-state index contributed by atoms with van der Waals surface area (Å²) in [6, 6.07) is 1.80. The number of imide groups is 1. The van der Waals surface area contributed by atoms with Crippen LogP contribution in [0.2, 0.25) is 0 Å². The quantitative estimate of drug-likeness (QED) is 0.310. The lowest BCUT2D eigenvalue weighted by molar-refractivity contribution is -0.152. The Morgan fingerprint density at radius 3 is 2.29 bits per heavy atom. The third-order valence-electron chi connectivity index (χ3n) is 5.57. The predicted molar refractivity (Wildman–Crippen MR) is 102 cm³/mol. The van der Waals surface area contributed by atoms with E-state index < -0.39 is 19.1 Å². The second kappa shape index (κ2) is 8.12. The molecule has 1 fully saturated rings. The van der Waals surface area contributed by atoms with Gasteiger partial charge in [-0.15, -0.1) is 0 Å². The highest BCUT2D eigenvalue weighted by Crippen LogP contribution is 2.34. The molecule has 1 aromatic rings. The molecule has 3 rings (SSSR count). The number of fused-ring (bicyclic) bond motifs is 1. The van der Waals surface area contributed by atoms with Gasteiger partial charge in [-0.25, -0.2) is 0 Å². The number of aryl methyl sites for hydroxylation is 1. The number of carbonyl (C=O) groups excluding carboxylic acids is 4. The number of likely N-dealkylation sites (tertiary alicyclic amines) is 1. The van der Waals surface area contributed by atoms with Crippen LogP contribution < -0.4 is 0 Å². The van der Waals surface area contributed by atoms with Crippen molar-refractivity contribution < 1.29 is 23.9 Å². The van der Waals surface area contributed by atoms with Gasteiger partial charge in [-0.1, -0.05) is 19.1 Å². The van der Waals surface area contributed by atoms with Crippen LogP contribution in [0.25, 0.3) is 0 Å². The Balaban J connectivity index is 1.58. The molecule has 0 radical (unpaired) electrons. The average molecular weight is 386 g/mol. The number of hydrogen-bond acceptors (Lipinski definition) is 5. The van der Waals surface area contributed by atoms with Crippen molar-refractivity contribution in [1.82, 2.24) is 9.47 Å². The fourth-order valence-corrected chi connectivity index (χ4v) is 4.07. The van der Waals surface area contributed by atoms with Gasteiger partial charge in [0.15, 0.2) is 6.61 Å². The van der Waals surface area contributed by atoms with Crippen LogP contribution in [-0.2, 0) is 25.7 Å². The molecule has 1 aliphatic heterocycles. The van der Waals surface area contributed by atoms with Crippen LogP contribution in [0.5, 0.6) is 0 Å². The van der Waals surface area contributed by atoms with Crippen LogP contribution in [0.15, 0.2) is 18.2 Å². The Bertz CT molecular complexity index is 825. The lowest BCUT2D eigenvalue weighted by Crippen LogP contribution is -2.37. The summed E-state index contributed by atoms with van der Waals surface area (Å²) in [5, 5.41) is 0. The summed E-state index contributed by atoms with van der Waals surface area (Å²) >= 11 is 0. The van der Waals surface area contributed by atoms with Gasteiger partial charge in [0.05, 0.1) is 11.8 Å². The van der Waals surface area contributed by atoms with E-state index in [9.17, 15) is 19.2 Å². The lowest BCUT2D eigenvalue weighted by Gasteiger charge is -2.14. The van der Waals surface area contributed by atoms with Crippen LogP contribution in [0.1, 0.15) is 47.9 Å². The molecule has 7 heteroatoms. The molecule has 1 aliphatic carbocycles. The molecule has 2 amide bonds. The number of amides is 2. The SMILES string of the molecule is CCCn1c(C)cc(C(=O)COC(=O)CN2C(=O)[C@H]3CC=CC[C@@H]3C2=O)c1C. The second-order valence-corrected chi connectivity index (χ2v) is 7.44. The van der Waals surface area contributed by atoms with E-state index in [0.717, 1.165) is 29.3 Å². The number of esters is 1. The number of rotatable bonds is 7. The monoisotopic (exact) mass is 386 g/mol. The first-order valence-corrected chi connectivity index (χ1v) is 9.70. The Morgan fingerprint density at radius 2 is 1.71 bits per heavy atom. The zero-order chi connectivity index (χ0) is 20.4. The summed E-state index contributed by atoms with van der Waals surface area (Å²) in [6.45, 7) is 5.85. The summed E-state index contributed by atoms with van der Waals surface area (Å²) in [4.78, 5) is 50.4. The van der Waals surface area contributed by atoms with Crippen molar-refractivity contribution in [3.63, 3.8) is 0 Å². The van der Waals surface area contributed by atoms with E-state index in [1.807, 2.05) is 26.0 Å². The number of nitrogens with zero attached hydrogens (tertiary/aromatic N) is 2.